The van der Waals surface area contributed by atoms with E-state index in [1.165, 1.54) is 18.1 Å². The summed E-state index contributed by atoms with van der Waals surface area (Å²) in [6, 6.07) is 20.0. The molecule has 1 aromatic heterocycles. The van der Waals surface area contributed by atoms with Gasteiger partial charge in [0.15, 0.2) is 0 Å². The maximum absolute atomic E-state index is 13.5. The summed E-state index contributed by atoms with van der Waals surface area (Å²) in [4.78, 5) is 25.2. The molecule has 0 aliphatic carbocycles. The van der Waals surface area contributed by atoms with Crippen molar-refractivity contribution in [2.45, 2.75) is 35.9 Å². The predicted octanol–water partition coefficient (Wildman–Crippen LogP) is 4.99. The van der Waals surface area contributed by atoms with Crippen molar-refractivity contribution in [2.24, 2.45) is 0 Å². The van der Waals surface area contributed by atoms with E-state index >= 15 is 0 Å². The van der Waals surface area contributed by atoms with E-state index in [2.05, 4.69) is 22.2 Å². The van der Waals surface area contributed by atoms with Gasteiger partial charge in [-0.05, 0) is 24.1 Å². The molecule has 1 atom stereocenters. The number of carbonyl (C=O) groups is 1. The van der Waals surface area contributed by atoms with Crippen LogP contribution in [0.2, 0.25) is 0 Å². The highest BCUT2D eigenvalue weighted by Crippen LogP contribution is 2.38. The van der Waals surface area contributed by atoms with Gasteiger partial charge in [-0.15, -0.1) is 0 Å². The van der Waals surface area contributed by atoms with Crippen molar-refractivity contribution < 1.29 is 4.79 Å². The molecule has 28 heavy (non-hydrogen) atoms. The zero-order valence-electron chi connectivity index (χ0n) is 15.7. The number of aromatic nitrogens is 2. The molecule has 4 rings (SSSR count). The molecule has 0 fully saturated rings. The number of rotatable bonds is 6. The molecule has 142 valence electrons. The van der Waals surface area contributed by atoms with E-state index in [-0.39, 0.29) is 12.1 Å². The average Bonchev–Trinajstić information content (AvgIpc) is 2.74. The minimum Gasteiger partial charge on any atom is -0.345 e. The van der Waals surface area contributed by atoms with Gasteiger partial charge in [-0.3, -0.25) is 4.79 Å². The SMILES string of the molecule is CCCCN1C(=O)c2c(ncnc2Sc2ccccc2)NC1c1ccccc1. The molecule has 2 aromatic carbocycles. The number of nitrogens with one attached hydrogen (secondary N) is 1. The second-order valence-corrected chi connectivity index (χ2v) is 7.69. The van der Waals surface area contributed by atoms with Crippen molar-refractivity contribution >= 4 is 23.5 Å². The summed E-state index contributed by atoms with van der Waals surface area (Å²) < 4.78 is 0. The molecular formula is C22H22N4OS. The fourth-order valence-corrected chi connectivity index (χ4v) is 4.18. The molecule has 3 aromatic rings. The van der Waals surface area contributed by atoms with E-state index in [9.17, 15) is 4.79 Å². The lowest BCUT2D eigenvalue weighted by Crippen LogP contribution is -2.44. The van der Waals surface area contributed by atoms with Gasteiger partial charge in [0, 0.05) is 11.4 Å². The standard InChI is InChI=1S/C22H22N4OS/c1-2-3-14-26-20(16-10-6-4-7-11-16)25-19-18(22(26)27)21(24-15-23-19)28-17-12-8-5-9-13-17/h4-13,15,20H,2-3,14H2,1H3,(H,23,24,25). The van der Waals surface area contributed by atoms with Crippen LogP contribution in [0.15, 0.2) is 76.9 Å². The van der Waals surface area contributed by atoms with Crippen LogP contribution in [0.4, 0.5) is 5.82 Å². The van der Waals surface area contributed by atoms with Crippen LogP contribution in [0.3, 0.4) is 0 Å². The van der Waals surface area contributed by atoms with Crippen molar-refractivity contribution in [1.82, 2.24) is 14.9 Å². The van der Waals surface area contributed by atoms with E-state index in [1.54, 1.807) is 0 Å². The Hall–Kier alpha value is -2.86. The molecule has 6 heteroatoms. The molecule has 5 nitrogen and oxygen atoms in total. The van der Waals surface area contributed by atoms with Gasteiger partial charge in [0.25, 0.3) is 5.91 Å². The zero-order valence-corrected chi connectivity index (χ0v) is 16.5. The highest BCUT2D eigenvalue weighted by Gasteiger charge is 2.35. The summed E-state index contributed by atoms with van der Waals surface area (Å²) in [5.41, 5.74) is 1.60. The first kappa shape index (κ1) is 18.5. The van der Waals surface area contributed by atoms with Crippen LogP contribution in [0, 0.1) is 0 Å². The summed E-state index contributed by atoms with van der Waals surface area (Å²) >= 11 is 1.49. The van der Waals surface area contributed by atoms with Crippen molar-refractivity contribution in [1.29, 1.82) is 0 Å². The Morgan fingerprint density at radius 3 is 2.46 bits per heavy atom. The molecular weight excluding hydrogens is 368 g/mol. The minimum atomic E-state index is -0.225. The Labute approximate surface area is 169 Å². The first-order valence-electron chi connectivity index (χ1n) is 9.48. The summed E-state index contributed by atoms with van der Waals surface area (Å²) in [7, 11) is 0. The Bertz CT molecular complexity index is 949. The number of anilines is 1. The Morgan fingerprint density at radius 2 is 1.75 bits per heavy atom. The van der Waals surface area contributed by atoms with Crippen LogP contribution in [0.5, 0.6) is 0 Å². The van der Waals surface area contributed by atoms with Crippen molar-refractivity contribution in [3.05, 3.63) is 78.1 Å². The van der Waals surface area contributed by atoms with Gasteiger partial charge in [0.1, 0.15) is 28.9 Å². The van der Waals surface area contributed by atoms with Crippen LogP contribution >= 0.6 is 11.8 Å². The first-order chi connectivity index (χ1) is 13.8. The number of fused-ring (bicyclic) bond motifs is 1. The lowest BCUT2D eigenvalue weighted by molar-refractivity contribution is 0.0673. The molecule has 0 saturated heterocycles. The molecule has 1 unspecified atom stereocenters. The van der Waals surface area contributed by atoms with Gasteiger partial charge in [-0.25, -0.2) is 9.97 Å². The molecule has 1 aliphatic heterocycles. The number of carbonyl (C=O) groups excluding carboxylic acids is 1. The van der Waals surface area contributed by atoms with Gasteiger partial charge in [-0.2, -0.15) is 0 Å². The third-order valence-electron chi connectivity index (χ3n) is 4.70. The molecule has 1 aliphatic rings. The average molecular weight is 391 g/mol. The Balaban J connectivity index is 1.73. The van der Waals surface area contributed by atoms with Crippen molar-refractivity contribution in [2.75, 3.05) is 11.9 Å². The predicted molar refractivity (Wildman–Crippen MR) is 111 cm³/mol. The van der Waals surface area contributed by atoms with Gasteiger partial charge in [-0.1, -0.05) is 73.6 Å². The van der Waals surface area contributed by atoms with Gasteiger partial charge in [0.2, 0.25) is 0 Å². The molecule has 2 heterocycles. The lowest BCUT2D eigenvalue weighted by atomic mass is 10.1. The molecule has 0 bridgehead atoms. The number of nitrogens with zero attached hydrogens (tertiary/aromatic N) is 3. The molecule has 1 N–H and O–H groups in total. The van der Waals surface area contributed by atoms with E-state index < -0.39 is 0 Å². The highest BCUT2D eigenvalue weighted by atomic mass is 32.2. The van der Waals surface area contributed by atoms with E-state index in [0.717, 1.165) is 23.3 Å². The van der Waals surface area contributed by atoms with E-state index in [1.807, 2.05) is 65.6 Å². The normalized spacial score (nSPS) is 15.8. The Kier molecular flexibility index (Phi) is 5.58. The van der Waals surface area contributed by atoms with Crippen LogP contribution in [0.1, 0.15) is 41.9 Å². The monoisotopic (exact) mass is 390 g/mol. The van der Waals surface area contributed by atoms with Crippen molar-refractivity contribution in [3.63, 3.8) is 0 Å². The van der Waals surface area contributed by atoms with E-state index in [0.29, 0.717) is 23.0 Å². The van der Waals surface area contributed by atoms with Gasteiger partial charge in [0.05, 0.1) is 0 Å². The fourth-order valence-electron chi connectivity index (χ4n) is 3.28. The van der Waals surface area contributed by atoms with Gasteiger partial charge < -0.3 is 10.2 Å². The van der Waals surface area contributed by atoms with Crippen LogP contribution in [-0.4, -0.2) is 27.3 Å². The summed E-state index contributed by atoms with van der Waals surface area (Å²) in [6.45, 7) is 2.82. The smallest absolute Gasteiger partial charge is 0.262 e. The second-order valence-electron chi connectivity index (χ2n) is 6.63. The maximum atomic E-state index is 13.5. The summed E-state index contributed by atoms with van der Waals surface area (Å²) in [5.74, 6) is 0.579. The number of unbranched alkanes of at least 4 members (excludes halogenated alkanes) is 1. The Morgan fingerprint density at radius 1 is 1.04 bits per heavy atom. The largest absolute Gasteiger partial charge is 0.345 e. The minimum absolute atomic E-state index is 0.0184. The number of hydrogen-bond donors (Lipinski definition) is 1. The zero-order chi connectivity index (χ0) is 19.3. The topological polar surface area (TPSA) is 58.1 Å². The first-order valence-corrected chi connectivity index (χ1v) is 10.3. The van der Waals surface area contributed by atoms with Crippen LogP contribution in [-0.2, 0) is 0 Å². The van der Waals surface area contributed by atoms with Crippen LogP contribution in [0.25, 0.3) is 0 Å². The molecule has 0 radical (unpaired) electrons. The third-order valence-corrected chi connectivity index (χ3v) is 5.71. The van der Waals surface area contributed by atoms with E-state index in [4.69, 9.17) is 0 Å². The third kappa shape index (κ3) is 3.73. The summed E-state index contributed by atoms with van der Waals surface area (Å²) in [6.07, 6.45) is 3.27. The molecule has 1 amide bonds. The maximum Gasteiger partial charge on any atom is 0.262 e. The van der Waals surface area contributed by atoms with Crippen molar-refractivity contribution in [3.8, 4) is 0 Å². The fraction of sp³-hybridized carbons (Fsp3) is 0.227. The number of hydrogen-bond acceptors (Lipinski definition) is 5. The molecule has 0 saturated carbocycles. The lowest BCUT2D eigenvalue weighted by Gasteiger charge is -2.38. The number of amides is 1. The highest BCUT2D eigenvalue weighted by molar-refractivity contribution is 7.99. The summed E-state index contributed by atoms with van der Waals surface area (Å²) in [5, 5.41) is 4.15. The van der Waals surface area contributed by atoms with Gasteiger partial charge >= 0.3 is 0 Å². The second kappa shape index (κ2) is 8.44. The number of benzene rings is 2. The molecule has 0 spiro atoms. The quantitative estimate of drug-likeness (QED) is 0.601. The van der Waals surface area contributed by atoms with Crippen LogP contribution < -0.4 is 5.32 Å².